The van der Waals surface area contributed by atoms with Crippen molar-refractivity contribution in [3.63, 3.8) is 0 Å². The van der Waals surface area contributed by atoms with Gasteiger partial charge in [0.2, 0.25) is 5.91 Å². The van der Waals surface area contributed by atoms with Gasteiger partial charge in [-0.05, 0) is 42.9 Å². The lowest BCUT2D eigenvalue weighted by Crippen LogP contribution is -2.45. The minimum Gasteiger partial charge on any atom is -0.492 e. The van der Waals surface area contributed by atoms with Crippen LogP contribution in [0.2, 0.25) is 0 Å². The van der Waals surface area contributed by atoms with Gasteiger partial charge >= 0.3 is 0 Å². The highest BCUT2D eigenvalue weighted by Gasteiger charge is 2.29. The molecule has 4 nitrogen and oxygen atoms in total. The number of benzene rings is 1. The van der Waals surface area contributed by atoms with Gasteiger partial charge in [0.25, 0.3) is 0 Å². The van der Waals surface area contributed by atoms with Gasteiger partial charge in [0.1, 0.15) is 12.4 Å². The maximum Gasteiger partial charge on any atom is 0.226 e. The molecule has 0 saturated heterocycles. The Kier molecular flexibility index (Phi) is 5.23. The minimum atomic E-state index is -0.107. The number of hydrogen-bond acceptors (Lipinski definition) is 3. The zero-order chi connectivity index (χ0) is 15.3. The monoisotopic (exact) mass is 290 g/mol. The maximum atomic E-state index is 12.4. The van der Waals surface area contributed by atoms with E-state index in [1.807, 2.05) is 24.3 Å². The fourth-order valence-corrected chi connectivity index (χ4v) is 2.78. The molecule has 2 rings (SSSR count). The molecule has 0 fully saturated rings. The standard InChI is InChI=1S/C17H26N2O2/c1-3-17(4-2,11-18)12-19-16(20)14-9-13-7-5-6-8-15(13)21-10-14/h5-8,14H,3-4,9-12,18H2,1-2H3,(H,19,20). The molecule has 1 amide bonds. The van der Waals surface area contributed by atoms with Crippen LogP contribution in [0.1, 0.15) is 32.3 Å². The molecular formula is C17H26N2O2. The predicted octanol–water partition coefficient (Wildman–Crippen LogP) is 2.12. The molecule has 0 radical (unpaired) electrons. The Balaban J connectivity index is 1.93. The summed E-state index contributed by atoms with van der Waals surface area (Å²) in [6.45, 7) is 5.96. The molecule has 0 bridgehead atoms. The highest BCUT2D eigenvalue weighted by atomic mass is 16.5. The van der Waals surface area contributed by atoms with Gasteiger partial charge in [-0.1, -0.05) is 32.0 Å². The Labute approximate surface area is 127 Å². The van der Waals surface area contributed by atoms with Crippen molar-refractivity contribution in [2.24, 2.45) is 17.1 Å². The fraction of sp³-hybridized carbons (Fsp3) is 0.588. The molecule has 3 N–H and O–H groups in total. The predicted molar refractivity (Wildman–Crippen MR) is 84.2 cm³/mol. The average molecular weight is 290 g/mol. The van der Waals surface area contributed by atoms with Crippen molar-refractivity contribution in [2.75, 3.05) is 19.7 Å². The third kappa shape index (κ3) is 3.56. The first kappa shape index (κ1) is 15.8. The van der Waals surface area contributed by atoms with Crippen LogP contribution in [0.5, 0.6) is 5.75 Å². The van der Waals surface area contributed by atoms with E-state index < -0.39 is 0 Å². The highest BCUT2D eigenvalue weighted by Crippen LogP contribution is 2.27. The molecule has 0 aromatic heterocycles. The number of fused-ring (bicyclic) bond motifs is 1. The topological polar surface area (TPSA) is 64.3 Å². The van der Waals surface area contributed by atoms with E-state index in [0.29, 0.717) is 19.7 Å². The molecule has 0 saturated carbocycles. The van der Waals surface area contributed by atoms with Crippen LogP contribution in [0.3, 0.4) is 0 Å². The summed E-state index contributed by atoms with van der Waals surface area (Å²) in [6, 6.07) is 7.92. The second-order valence-corrected chi connectivity index (χ2v) is 5.95. The molecule has 1 aromatic rings. The molecule has 1 unspecified atom stereocenters. The largest absolute Gasteiger partial charge is 0.492 e. The van der Waals surface area contributed by atoms with E-state index in [9.17, 15) is 4.79 Å². The first-order valence-electron chi connectivity index (χ1n) is 7.82. The van der Waals surface area contributed by atoms with Crippen molar-refractivity contribution in [3.05, 3.63) is 29.8 Å². The first-order valence-corrected chi connectivity index (χ1v) is 7.82. The number of ether oxygens (including phenoxy) is 1. The van der Waals surface area contributed by atoms with Gasteiger partial charge in [-0.3, -0.25) is 4.79 Å². The lowest BCUT2D eigenvalue weighted by molar-refractivity contribution is -0.126. The molecule has 0 aliphatic carbocycles. The smallest absolute Gasteiger partial charge is 0.226 e. The Bertz CT molecular complexity index is 475. The van der Waals surface area contributed by atoms with Crippen molar-refractivity contribution in [3.8, 4) is 5.75 Å². The average Bonchev–Trinajstić information content (AvgIpc) is 2.56. The van der Waals surface area contributed by atoms with Crippen molar-refractivity contribution < 1.29 is 9.53 Å². The quantitative estimate of drug-likeness (QED) is 0.843. The van der Waals surface area contributed by atoms with Gasteiger partial charge in [0.05, 0.1) is 5.92 Å². The summed E-state index contributed by atoms with van der Waals surface area (Å²) >= 11 is 0. The van der Waals surface area contributed by atoms with Crippen LogP contribution in [0, 0.1) is 11.3 Å². The van der Waals surface area contributed by atoms with E-state index >= 15 is 0 Å². The number of para-hydroxylation sites is 1. The van der Waals surface area contributed by atoms with Gasteiger partial charge < -0.3 is 15.8 Å². The molecule has 1 aliphatic rings. The van der Waals surface area contributed by atoms with Gasteiger partial charge in [-0.2, -0.15) is 0 Å². The summed E-state index contributed by atoms with van der Waals surface area (Å²) < 4.78 is 5.68. The minimum absolute atomic E-state index is 0.0170. The maximum absolute atomic E-state index is 12.4. The van der Waals surface area contributed by atoms with Crippen LogP contribution in [-0.4, -0.2) is 25.6 Å². The third-order valence-electron chi connectivity index (χ3n) is 4.82. The summed E-state index contributed by atoms with van der Waals surface area (Å²) in [5.74, 6) is 0.869. The molecule has 1 heterocycles. The molecule has 1 atom stereocenters. The summed E-state index contributed by atoms with van der Waals surface area (Å²) in [5, 5.41) is 3.08. The summed E-state index contributed by atoms with van der Waals surface area (Å²) in [6.07, 6.45) is 2.70. The van der Waals surface area contributed by atoms with Crippen LogP contribution < -0.4 is 15.8 Å². The van der Waals surface area contributed by atoms with Crippen molar-refractivity contribution >= 4 is 5.91 Å². The Morgan fingerprint density at radius 1 is 1.38 bits per heavy atom. The molecule has 1 aromatic carbocycles. The summed E-state index contributed by atoms with van der Waals surface area (Å²) in [5.41, 5.74) is 7.01. The number of amides is 1. The number of carbonyl (C=O) groups is 1. The lowest BCUT2D eigenvalue weighted by atomic mass is 9.82. The zero-order valence-electron chi connectivity index (χ0n) is 13.0. The van der Waals surface area contributed by atoms with Crippen molar-refractivity contribution in [2.45, 2.75) is 33.1 Å². The lowest BCUT2D eigenvalue weighted by Gasteiger charge is -2.31. The van der Waals surface area contributed by atoms with E-state index in [-0.39, 0.29) is 17.2 Å². The molecule has 0 spiro atoms. The fourth-order valence-electron chi connectivity index (χ4n) is 2.78. The second kappa shape index (κ2) is 6.94. The normalized spacial score (nSPS) is 17.8. The Morgan fingerprint density at radius 3 is 2.76 bits per heavy atom. The van der Waals surface area contributed by atoms with Gasteiger partial charge in [-0.25, -0.2) is 0 Å². The van der Waals surface area contributed by atoms with E-state index in [2.05, 4.69) is 19.2 Å². The number of rotatable bonds is 6. The molecule has 1 aliphatic heterocycles. The van der Waals surface area contributed by atoms with Gasteiger partial charge in [0, 0.05) is 6.54 Å². The zero-order valence-corrected chi connectivity index (χ0v) is 13.0. The van der Waals surface area contributed by atoms with Crippen LogP contribution in [-0.2, 0) is 11.2 Å². The number of nitrogens with one attached hydrogen (secondary N) is 1. The third-order valence-corrected chi connectivity index (χ3v) is 4.82. The Morgan fingerprint density at radius 2 is 2.10 bits per heavy atom. The van der Waals surface area contributed by atoms with Crippen LogP contribution in [0.4, 0.5) is 0 Å². The number of carbonyl (C=O) groups excluding carboxylic acids is 1. The molecular weight excluding hydrogens is 264 g/mol. The molecule has 4 heteroatoms. The second-order valence-electron chi connectivity index (χ2n) is 5.95. The molecule has 116 valence electrons. The van der Waals surface area contributed by atoms with Crippen molar-refractivity contribution in [1.29, 1.82) is 0 Å². The van der Waals surface area contributed by atoms with Crippen LogP contribution in [0.25, 0.3) is 0 Å². The van der Waals surface area contributed by atoms with Crippen LogP contribution >= 0.6 is 0 Å². The van der Waals surface area contributed by atoms with Gasteiger partial charge in [-0.15, -0.1) is 0 Å². The highest BCUT2D eigenvalue weighted by molar-refractivity contribution is 5.79. The van der Waals surface area contributed by atoms with E-state index in [4.69, 9.17) is 10.5 Å². The van der Waals surface area contributed by atoms with E-state index in [1.54, 1.807) is 0 Å². The summed E-state index contributed by atoms with van der Waals surface area (Å²) in [7, 11) is 0. The number of nitrogens with two attached hydrogens (primary N) is 1. The van der Waals surface area contributed by atoms with E-state index in [1.165, 1.54) is 0 Å². The summed E-state index contributed by atoms with van der Waals surface area (Å²) in [4.78, 5) is 12.4. The SMILES string of the molecule is CCC(CC)(CN)CNC(=O)C1COc2ccccc2C1. The first-order chi connectivity index (χ1) is 10.1. The van der Waals surface area contributed by atoms with Crippen LogP contribution in [0.15, 0.2) is 24.3 Å². The molecule has 21 heavy (non-hydrogen) atoms. The number of hydrogen-bond donors (Lipinski definition) is 2. The van der Waals surface area contributed by atoms with Gasteiger partial charge in [0.15, 0.2) is 0 Å². The van der Waals surface area contributed by atoms with E-state index in [0.717, 1.165) is 30.6 Å². The Hall–Kier alpha value is -1.55. The van der Waals surface area contributed by atoms with Crippen molar-refractivity contribution in [1.82, 2.24) is 5.32 Å².